The first-order valence-corrected chi connectivity index (χ1v) is 7.41. The molecule has 0 unspecified atom stereocenters. The predicted molar refractivity (Wildman–Crippen MR) is 90.1 cm³/mol. The third-order valence-corrected chi connectivity index (χ3v) is 3.78. The first-order valence-electron chi connectivity index (χ1n) is 7.41. The Balaban J connectivity index is 1.60. The third kappa shape index (κ3) is 2.52. The number of hydrogen-bond acceptors (Lipinski definition) is 4. The summed E-state index contributed by atoms with van der Waals surface area (Å²) in [5.41, 5.74) is 3.04. The van der Waals surface area contributed by atoms with E-state index in [1.807, 2.05) is 25.1 Å². The molecule has 0 saturated carbocycles. The molecule has 1 aromatic carbocycles. The lowest BCUT2D eigenvalue weighted by molar-refractivity contribution is 0.102. The van der Waals surface area contributed by atoms with Crippen molar-refractivity contribution >= 4 is 22.5 Å². The van der Waals surface area contributed by atoms with Gasteiger partial charge in [-0.1, -0.05) is 0 Å². The van der Waals surface area contributed by atoms with Gasteiger partial charge in [-0.3, -0.25) is 14.5 Å². The van der Waals surface area contributed by atoms with Crippen LogP contribution in [0.3, 0.4) is 0 Å². The molecule has 0 aliphatic heterocycles. The number of aryl methyl sites for hydroxylation is 1. The van der Waals surface area contributed by atoms with E-state index in [0.29, 0.717) is 17.1 Å². The summed E-state index contributed by atoms with van der Waals surface area (Å²) >= 11 is 0. The molecular weight excluding hydrogens is 304 g/mol. The Bertz CT molecular complexity index is 1020. The average Bonchev–Trinajstić information content (AvgIpc) is 3.25. The molecule has 2 N–H and O–H groups in total. The average molecular weight is 318 g/mol. The lowest BCUT2D eigenvalue weighted by Crippen LogP contribution is -2.12. The maximum Gasteiger partial charge on any atom is 0.255 e. The van der Waals surface area contributed by atoms with E-state index in [0.717, 1.165) is 16.6 Å². The van der Waals surface area contributed by atoms with Crippen molar-refractivity contribution in [1.29, 1.82) is 0 Å². The van der Waals surface area contributed by atoms with E-state index in [-0.39, 0.29) is 5.91 Å². The molecule has 1 amide bonds. The first-order chi connectivity index (χ1) is 11.7. The van der Waals surface area contributed by atoms with E-state index in [4.69, 9.17) is 0 Å². The van der Waals surface area contributed by atoms with Gasteiger partial charge in [0.1, 0.15) is 12.1 Å². The van der Waals surface area contributed by atoms with Gasteiger partial charge in [0.2, 0.25) is 0 Å². The zero-order chi connectivity index (χ0) is 16.5. The molecule has 4 rings (SSSR count). The number of carbonyl (C=O) groups excluding carboxylic acids is 1. The maximum absolute atomic E-state index is 12.5. The molecule has 0 spiro atoms. The van der Waals surface area contributed by atoms with Gasteiger partial charge in [-0.05, 0) is 37.3 Å². The molecule has 0 radical (unpaired) electrons. The second-order valence-corrected chi connectivity index (χ2v) is 5.41. The van der Waals surface area contributed by atoms with Crippen molar-refractivity contribution in [1.82, 2.24) is 24.7 Å². The predicted octanol–water partition coefficient (Wildman–Crippen LogP) is 2.70. The number of aromatic nitrogens is 5. The number of anilines is 1. The number of carbonyl (C=O) groups is 1. The topological polar surface area (TPSA) is 88.5 Å². The smallest absolute Gasteiger partial charge is 0.255 e. The molecule has 24 heavy (non-hydrogen) atoms. The van der Waals surface area contributed by atoms with Crippen molar-refractivity contribution in [2.45, 2.75) is 6.92 Å². The highest BCUT2D eigenvalue weighted by molar-refractivity contribution is 6.05. The SMILES string of the molecule is Cc1[nH]nc2cc(NC(=O)c3ccnc(-n4ccnc4)c3)ccc12. The minimum Gasteiger partial charge on any atom is -0.322 e. The molecule has 3 aromatic heterocycles. The van der Waals surface area contributed by atoms with Crippen LogP contribution in [0.1, 0.15) is 16.1 Å². The fourth-order valence-electron chi connectivity index (χ4n) is 2.52. The summed E-state index contributed by atoms with van der Waals surface area (Å²) in [6, 6.07) is 9.03. The van der Waals surface area contributed by atoms with Gasteiger partial charge >= 0.3 is 0 Å². The van der Waals surface area contributed by atoms with Crippen LogP contribution < -0.4 is 5.32 Å². The second-order valence-electron chi connectivity index (χ2n) is 5.41. The van der Waals surface area contributed by atoms with Crippen LogP contribution in [0.25, 0.3) is 16.7 Å². The highest BCUT2D eigenvalue weighted by Gasteiger charge is 2.10. The Morgan fingerprint density at radius 2 is 2.12 bits per heavy atom. The number of amides is 1. The minimum absolute atomic E-state index is 0.203. The number of hydrogen-bond donors (Lipinski definition) is 2. The number of fused-ring (bicyclic) bond motifs is 1. The Labute approximate surface area is 137 Å². The largest absolute Gasteiger partial charge is 0.322 e. The van der Waals surface area contributed by atoms with Gasteiger partial charge in [0, 0.05) is 40.9 Å². The van der Waals surface area contributed by atoms with Crippen LogP contribution in [0.15, 0.2) is 55.2 Å². The fraction of sp³-hybridized carbons (Fsp3) is 0.0588. The summed E-state index contributed by atoms with van der Waals surface area (Å²) in [4.78, 5) is 20.7. The van der Waals surface area contributed by atoms with E-state index in [1.165, 1.54) is 0 Å². The van der Waals surface area contributed by atoms with Crippen molar-refractivity contribution in [2.75, 3.05) is 5.32 Å². The molecule has 0 saturated heterocycles. The van der Waals surface area contributed by atoms with Gasteiger partial charge in [-0.25, -0.2) is 9.97 Å². The van der Waals surface area contributed by atoms with Gasteiger partial charge in [0.05, 0.1) is 5.52 Å². The lowest BCUT2D eigenvalue weighted by Gasteiger charge is -2.07. The summed E-state index contributed by atoms with van der Waals surface area (Å²) in [5.74, 6) is 0.434. The number of benzene rings is 1. The molecule has 0 aliphatic carbocycles. The van der Waals surface area contributed by atoms with Gasteiger partial charge < -0.3 is 5.32 Å². The van der Waals surface area contributed by atoms with E-state index in [2.05, 4.69) is 25.5 Å². The van der Waals surface area contributed by atoms with Gasteiger partial charge in [-0.2, -0.15) is 5.10 Å². The van der Waals surface area contributed by atoms with Crippen molar-refractivity contribution in [3.05, 3.63) is 66.5 Å². The molecule has 3 heterocycles. The molecule has 118 valence electrons. The molecule has 0 atom stereocenters. The number of aromatic amines is 1. The molecule has 0 fully saturated rings. The summed E-state index contributed by atoms with van der Waals surface area (Å²) in [6.45, 7) is 1.96. The van der Waals surface area contributed by atoms with Crippen molar-refractivity contribution in [3.8, 4) is 5.82 Å². The van der Waals surface area contributed by atoms with Gasteiger partial charge in [-0.15, -0.1) is 0 Å². The van der Waals surface area contributed by atoms with Crippen LogP contribution in [-0.4, -0.2) is 30.6 Å². The van der Waals surface area contributed by atoms with Gasteiger partial charge in [0.15, 0.2) is 0 Å². The number of pyridine rings is 1. The Hall–Kier alpha value is -3.48. The summed E-state index contributed by atoms with van der Waals surface area (Å²) in [5, 5.41) is 11.1. The maximum atomic E-state index is 12.5. The highest BCUT2D eigenvalue weighted by Crippen LogP contribution is 2.20. The zero-order valence-corrected chi connectivity index (χ0v) is 12.9. The normalized spacial score (nSPS) is 10.9. The number of imidazole rings is 1. The van der Waals surface area contributed by atoms with Crippen LogP contribution >= 0.6 is 0 Å². The zero-order valence-electron chi connectivity index (χ0n) is 12.9. The fourth-order valence-corrected chi connectivity index (χ4v) is 2.52. The number of rotatable bonds is 3. The quantitative estimate of drug-likeness (QED) is 0.608. The number of nitrogens with zero attached hydrogens (tertiary/aromatic N) is 4. The van der Waals surface area contributed by atoms with Crippen LogP contribution in [0.2, 0.25) is 0 Å². The number of H-pyrrole nitrogens is 1. The van der Waals surface area contributed by atoms with E-state index in [9.17, 15) is 4.79 Å². The van der Waals surface area contributed by atoms with Crippen LogP contribution in [-0.2, 0) is 0 Å². The molecule has 0 aliphatic rings. The molecule has 7 nitrogen and oxygen atoms in total. The molecule has 7 heteroatoms. The summed E-state index contributed by atoms with van der Waals surface area (Å²) in [6.07, 6.45) is 6.68. The van der Waals surface area contributed by atoms with Gasteiger partial charge in [0.25, 0.3) is 5.91 Å². The monoisotopic (exact) mass is 318 g/mol. The molecule has 4 aromatic rings. The van der Waals surface area contributed by atoms with Crippen molar-refractivity contribution in [3.63, 3.8) is 0 Å². The van der Waals surface area contributed by atoms with E-state index >= 15 is 0 Å². The van der Waals surface area contributed by atoms with E-state index in [1.54, 1.807) is 41.6 Å². The van der Waals surface area contributed by atoms with Crippen LogP contribution in [0, 0.1) is 6.92 Å². The molecule has 0 bridgehead atoms. The second kappa shape index (κ2) is 5.62. The van der Waals surface area contributed by atoms with E-state index < -0.39 is 0 Å². The molecular formula is C17H14N6O. The van der Waals surface area contributed by atoms with Crippen LogP contribution in [0.5, 0.6) is 0 Å². The van der Waals surface area contributed by atoms with Crippen LogP contribution in [0.4, 0.5) is 5.69 Å². The Morgan fingerprint density at radius 1 is 1.21 bits per heavy atom. The van der Waals surface area contributed by atoms with Crippen molar-refractivity contribution in [2.24, 2.45) is 0 Å². The number of nitrogens with one attached hydrogen (secondary N) is 2. The Kier molecular flexibility index (Phi) is 3.31. The highest BCUT2D eigenvalue weighted by atomic mass is 16.1. The third-order valence-electron chi connectivity index (χ3n) is 3.78. The van der Waals surface area contributed by atoms with Crippen molar-refractivity contribution < 1.29 is 4.79 Å². The standard InChI is InChI=1S/C17H14N6O/c1-11-14-3-2-13(9-15(14)22-21-11)20-17(24)12-4-5-19-16(8-12)23-7-6-18-10-23/h2-10H,1H3,(H,20,24)(H,21,22). The first kappa shape index (κ1) is 14.1. The minimum atomic E-state index is -0.203. The summed E-state index contributed by atoms with van der Waals surface area (Å²) in [7, 11) is 0. The summed E-state index contributed by atoms with van der Waals surface area (Å²) < 4.78 is 1.75. The Morgan fingerprint density at radius 3 is 2.96 bits per heavy atom. The lowest BCUT2D eigenvalue weighted by atomic mass is 10.2.